The molecular formula is C10H19ClN6O. The third kappa shape index (κ3) is 3.64. The van der Waals surface area contributed by atoms with Crippen LogP contribution in [0.2, 0.25) is 0 Å². The zero-order valence-corrected chi connectivity index (χ0v) is 11.2. The summed E-state index contributed by atoms with van der Waals surface area (Å²) in [7, 11) is 0. The van der Waals surface area contributed by atoms with Gasteiger partial charge < -0.3 is 10.6 Å². The Balaban J connectivity index is 0.00000162. The van der Waals surface area contributed by atoms with Gasteiger partial charge in [0, 0.05) is 19.1 Å². The van der Waals surface area contributed by atoms with Crippen molar-refractivity contribution in [3.63, 3.8) is 0 Å². The molecule has 2 heterocycles. The fraction of sp³-hybridized carbons (Fsp3) is 0.800. The molecular weight excluding hydrogens is 256 g/mol. The summed E-state index contributed by atoms with van der Waals surface area (Å²) < 4.78 is 1.44. The molecule has 7 nitrogen and oxygen atoms in total. The molecule has 2 unspecified atom stereocenters. The molecule has 102 valence electrons. The molecule has 2 atom stereocenters. The number of piperidine rings is 1. The van der Waals surface area contributed by atoms with E-state index in [1.54, 1.807) is 0 Å². The Morgan fingerprint density at radius 1 is 1.61 bits per heavy atom. The van der Waals surface area contributed by atoms with Gasteiger partial charge in [0.05, 0.1) is 0 Å². The van der Waals surface area contributed by atoms with Crippen LogP contribution in [0.15, 0.2) is 6.33 Å². The van der Waals surface area contributed by atoms with E-state index in [1.165, 1.54) is 11.0 Å². The van der Waals surface area contributed by atoms with E-state index in [4.69, 9.17) is 5.73 Å². The first-order chi connectivity index (χ1) is 8.16. The highest BCUT2D eigenvalue weighted by Gasteiger charge is 2.25. The molecule has 1 aliphatic heterocycles. The number of nitrogens with zero attached hydrogens (tertiary/aromatic N) is 5. The molecule has 0 spiro atoms. The first-order valence-corrected chi connectivity index (χ1v) is 5.91. The Morgan fingerprint density at radius 2 is 2.39 bits per heavy atom. The van der Waals surface area contributed by atoms with Crippen LogP contribution in [0.3, 0.4) is 0 Å². The van der Waals surface area contributed by atoms with E-state index in [1.807, 2.05) is 11.8 Å². The Hall–Kier alpha value is -1.21. The molecule has 0 aromatic carbocycles. The van der Waals surface area contributed by atoms with Crippen molar-refractivity contribution in [2.24, 2.45) is 11.7 Å². The van der Waals surface area contributed by atoms with Crippen molar-refractivity contribution in [1.82, 2.24) is 25.1 Å². The summed E-state index contributed by atoms with van der Waals surface area (Å²) in [4.78, 5) is 13.9. The number of hydrogen-bond acceptors (Lipinski definition) is 5. The van der Waals surface area contributed by atoms with Gasteiger partial charge in [-0.1, -0.05) is 0 Å². The first-order valence-electron chi connectivity index (χ1n) is 5.91. The molecule has 1 aromatic rings. The van der Waals surface area contributed by atoms with Crippen molar-refractivity contribution in [2.75, 3.05) is 13.1 Å². The maximum atomic E-state index is 12.0. The highest BCUT2D eigenvalue weighted by molar-refractivity contribution is 5.85. The monoisotopic (exact) mass is 274 g/mol. The second kappa shape index (κ2) is 6.65. The van der Waals surface area contributed by atoms with E-state index >= 15 is 0 Å². The normalized spacial score (nSPS) is 21.2. The topological polar surface area (TPSA) is 89.9 Å². The minimum absolute atomic E-state index is 0. The van der Waals surface area contributed by atoms with Crippen molar-refractivity contribution < 1.29 is 4.79 Å². The van der Waals surface area contributed by atoms with Gasteiger partial charge in [-0.15, -0.1) is 17.5 Å². The average molecular weight is 275 g/mol. The Kier molecular flexibility index (Phi) is 5.49. The lowest BCUT2D eigenvalue weighted by Gasteiger charge is -2.34. The van der Waals surface area contributed by atoms with Gasteiger partial charge in [0.15, 0.2) is 0 Å². The maximum Gasteiger partial charge on any atom is 0.244 e. The van der Waals surface area contributed by atoms with Crippen molar-refractivity contribution in [3.8, 4) is 0 Å². The van der Waals surface area contributed by atoms with Gasteiger partial charge in [-0.2, -0.15) is 0 Å². The van der Waals surface area contributed by atoms with Crippen molar-refractivity contribution in [1.29, 1.82) is 0 Å². The molecule has 18 heavy (non-hydrogen) atoms. The van der Waals surface area contributed by atoms with Gasteiger partial charge in [-0.05, 0) is 36.1 Å². The van der Waals surface area contributed by atoms with Crippen molar-refractivity contribution in [2.45, 2.75) is 32.4 Å². The van der Waals surface area contributed by atoms with Crippen LogP contribution in [0.25, 0.3) is 0 Å². The summed E-state index contributed by atoms with van der Waals surface area (Å²) >= 11 is 0. The zero-order valence-electron chi connectivity index (χ0n) is 10.4. The minimum atomic E-state index is 0. The summed E-state index contributed by atoms with van der Waals surface area (Å²) in [5.41, 5.74) is 5.89. The number of carbonyl (C=O) groups excluding carboxylic acids is 1. The van der Waals surface area contributed by atoms with E-state index in [0.717, 1.165) is 25.9 Å². The predicted octanol–water partition coefficient (Wildman–Crippen LogP) is -0.319. The number of carbonyl (C=O) groups is 1. The lowest BCUT2D eigenvalue weighted by molar-refractivity contribution is -0.134. The number of amides is 1. The minimum Gasteiger partial charge on any atom is -0.341 e. The second-order valence-electron chi connectivity index (χ2n) is 4.61. The summed E-state index contributed by atoms with van der Waals surface area (Å²) in [6.07, 6.45) is 3.57. The lowest BCUT2D eigenvalue weighted by atomic mass is 9.92. The van der Waals surface area contributed by atoms with E-state index in [0.29, 0.717) is 5.92 Å². The summed E-state index contributed by atoms with van der Waals surface area (Å²) in [5.74, 6) is 0.462. The molecule has 2 rings (SSSR count). The Labute approximate surface area is 112 Å². The third-order valence-electron chi connectivity index (χ3n) is 3.24. The van der Waals surface area contributed by atoms with Gasteiger partial charge in [0.25, 0.3) is 0 Å². The van der Waals surface area contributed by atoms with Gasteiger partial charge in [-0.25, -0.2) is 4.68 Å². The van der Waals surface area contributed by atoms with Crippen molar-refractivity contribution in [3.05, 3.63) is 6.33 Å². The fourth-order valence-electron chi connectivity index (χ4n) is 2.16. The molecule has 1 aliphatic rings. The summed E-state index contributed by atoms with van der Waals surface area (Å²) in [6, 6.07) is 0.138. The molecule has 2 N–H and O–H groups in total. The second-order valence-corrected chi connectivity index (χ2v) is 4.61. The molecule has 0 bridgehead atoms. The maximum absolute atomic E-state index is 12.0. The number of nitrogens with two attached hydrogens (primary N) is 1. The van der Waals surface area contributed by atoms with Gasteiger partial charge in [0.1, 0.15) is 12.9 Å². The zero-order chi connectivity index (χ0) is 12.3. The highest BCUT2D eigenvalue weighted by atomic mass is 35.5. The highest BCUT2D eigenvalue weighted by Crippen LogP contribution is 2.18. The van der Waals surface area contributed by atoms with Crippen LogP contribution >= 0.6 is 12.4 Å². The van der Waals surface area contributed by atoms with Gasteiger partial charge in [0.2, 0.25) is 5.91 Å². The fourth-order valence-corrected chi connectivity index (χ4v) is 2.16. The van der Waals surface area contributed by atoms with Gasteiger partial charge >= 0.3 is 0 Å². The van der Waals surface area contributed by atoms with Crippen molar-refractivity contribution >= 4 is 18.3 Å². The number of tetrazole rings is 1. The number of halogens is 1. The Morgan fingerprint density at radius 3 is 3.00 bits per heavy atom. The summed E-state index contributed by atoms with van der Waals surface area (Å²) in [5, 5.41) is 10.7. The van der Waals surface area contributed by atoms with Crippen LogP contribution < -0.4 is 5.73 Å². The molecule has 1 amide bonds. The third-order valence-corrected chi connectivity index (χ3v) is 3.24. The predicted molar refractivity (Wildman–Crippen MR) is 68.0 cm³/mol. The standard InChI is InChI=1S/C10H18N6O.ClH/c1-8(11)9-3-2-4-15(5-9)10(17)6-16-7-12-13-14-16;/h7-9H,2-6,11H2,1H3;1H. The van der Waals surface area contributed by atoms with Gasteiger partial charge in [-0.3, -0.25) is 4.79 Å². The smallest absolute Gasteiger partial charge is 0.244 e. The first kappa shape index (κ1) is 14.8. The number of hydrogen-bond donors (Lipinski definition) is 1. The number of aromatic nitrogens is 4. The van der Waals surface area contributed by atoms with Crippen LogP contribution in [0.5, 0.6) is 0 Å². The molecule has 8 heteroatoms. The Bertz CT molecular complexity index is 368. The van der Waals surface area contributed by atoms with E-state index in [2.05, 4.69) is 15.5 Å². The van der Waals surface area contributed by atoms with E-state index < -0.39 is 0 Å². The van der Waals surface area contributed by atoms with E-state index in [9.17, 15) is 4.79 Å². The van der Waals surface area contributed by atoms with E-state index in [-0.39, 0.29) is 30.9 Å². The molecule has 1 aromatic heterocycles. The molecule has 1 fully saturated rings. The summed E-state index contributed by atoms with van der Waals surface area (Å²) in [6.45, 7) is 3.77. The largest absolute Gasteiger partial charge is 0.341 e. The lowest BCUT2D eigenvalue weighted by Crippen LogP contribution is -2.46. The molecule has 0 saturated carbocycles. The average Bonchev–Trinajstić information content (AvgIpc) is 2.82. The molecule has 0 aliphatic carbocycles. The molecule has 1 saturated heterocycles. The van der Waals surface area contributed by atoms with Crippen LogP contribution in [-0.2, 0) is 11.3 Å². The van der Waals surface area contributed by atoms with Crippen LogP contribution in [0.1, 0.15) is 19.8 Å². The number of likely N-dealkylation sites (tertiary alicyclic amines) is 1. The quantitative estimate of drug-likeness (QED) is 0.816. The van der Waals surface area contributed by atoms with Crippen LogP contribution in [-0.4, -0.2) is 50.1 Å². The van der Waals surface area contributed by atoms with Crippen LogP contribution in [0.4, 0.5) is 0 Å². The molecule has 0 radical (unpaired) electrons. The van der Waals surface area contributed by atoms with Crippen LogP contribution in [0, 0.1) is 5.92 Å². The number of rotatable bonds is 3. The SMILES string of the molecule is CC(N)C1CCCN(C(=O)Cn2cnnn2)C1.Cl.